The molecule has 0 aromatic heterocycles. The number of ether oxygens (including phenoxy) is 1. The van der Waals surface area contributed by atoms with Gasteiger partial charge in [-0.25, -0.2) is 9.18 Å². The topological polar surface area (TPSA) is 49.9 Å². The zero-order valence-electron chi connectivity index (χ0n) is 12.3. The van der Waals surface area contributed by atoms with Crippen LogP contribution in [0.25, 0.3) is 0 Å². The van der Waals surface area contributed by atoms with Crippen molar-refractivity contribution in [2.75, 3.05) is 44.7 Å². The molecule has 1 heterocycles. The van der Waals surface area contributed by atoms with Gasteiger partial charge in [-0.15, -0.1) is 0 Å². The highest BCUT2D eigenvalue weighted by atomic mass is 19.1. The van der Waals surface area contributed by atoms with E-state index in [1.807, 2.05) is 11.9 Å². The fourth-order valence-electron chi connectivity index (χ4n) is 2.27. The van der Waals surface area contributed by atoms with Gasteiger partial charge in [-0.05, 0) is 32.2 Å². The molecule has 0 amide bonds. The quantitative estimate of drug-likeness (QED) is 0.476. The van der Waals surface area contributed by atoms with Crippen molar-refractivity contribution in [1.82, 2.24) is 4.90 Å². The Kier molecular flexibility index (Phi) is 4.90. The van der Waals surface area contributed by atoms with Crippen molar-refractivity contribution in [2.45, 2.75) is 6.92 Å². The van der Waals surface area contributed by atoms with Crippen molar-refractivity contribution in [3.05, 3.63) is 29.6 Å². The Morgan fingerprint density at radius 3 is 2.48 bits per heavy atom. The number of likely N-dealkylation sites (N-methyl/N-ethyl adjacent to an activating group) is 1. The molecule has 114 valence electrons. The van der Waals surface area contributed by atoms with Crippen molar-refractivity contribution < 1.29 is 18.7 Å². The summed E-state index contributed by atoms with van der Waals surface area (Å²) in [6, 6.07) is 4.12. The molecule has 1 saturated heterocycles. The van der Waals surface area contributed by atoms with Gasteiger partial charge in [-0.1, -0.05) is 0 Å². The van der Waals surface area contributed by atoms with Gasteiger partial charge in [0.2, 0.25) is 0 Å². The van der Waals surface area contributed by atoms with E-state index in [1.54, 1.807) is 13.0 Å². The Morgan fingerprint density at radius 2 is 1.90 bits per heavy atom. The number of piperazine rings is 1. The van der Waals surface area contributed by atoms with Gasteiger partial charge in [0.1, 0.15) is 5.82 Å². The van der Waals surface area contributed by atoms with Crippen molar-refractivity contribution >= 4 is 17.4 Å². The van der Waals surface area contributed by atoms with Crippen LogP contribution in [0.5, 0.6) is 0 Å². The predicted octanol–water partition coefficient (Wildman–Crippen LogP) is 1.32. The van der Waals surface area contributed by atoms with Crippen LogP contribution in [0.1, 0.15) is 17.3 Å². The van der Waals surface area contributed by atoms with E-state index in [-0.39, 0.29) is 12.2 Å². The van der Waals surface area contributed by atoms with Crippen LogP contribution in [-0.4, -0.2) is 56.5 Å². The molecule has 1 aliphatic heterocycles. The summed E-state index contributed by atoms with van der Waals surface area (Å²) in [5.41, 5.74) is 0.479. The summed E-state index contributed by atoms with van der Waals surface area (Å²) in [6.45, 7) is 4.93. The average molecular weight is 294 g/mol. The smallest absolute Gasteiger partial charge is 0.379 e. The lowest BCUT2D eigenvalue weighted by atomic mass is 10.1. The fraction of sp³-hybridized carbons (Fsp3) is 0.467. The predicted molar refractivity (Wildman–Crippen MR) is 77.1 cm³/mol. The highest BCUT2D eigenvalue weighted by molar-refractivity contribution is 6.40. The average Bonchev–Trinajstić information content (AvgIpc) is 2.48. The molecule has 0 N–H and O–H groups in total. The molecule has 0 radical (unpaired) electrons. The molecule has 0 saturated carbocycles. The monoisotopic (exact) mass is 294 g/mol. The number of anilines is 1. The lowest BCUT2D eigenvalue weighted by Gasteiger charge is -2.34. The summed E-state index contributed by atoms with van der Waals surface area (Å²) in [4.78, 5) is 27.2. The van der Waals surface area contributed by atoms with Crippen LogP contribution in [0.15, 0.2) is 18.2 Å². The van der Waals surface area contributed by atoms with Crippen molar-refractivity contribution in [2.24, 2.45) is 0 Å². The number of carbonyl (C=O) groups excluding carboxylic acids is 2. The van der Waals surface area contributed by atoms with Gasteiger partial charge < -0.3 is 14.5 Å². The number of benzene rings is 1. The first-order valence-corrected chi connectivity index (χ1v) is 6.97. The summed E-state index contributed by atoms with van der Waals surface area (Å²) in [6.07, 6.45) is 0. The Bertz CT molecular complexity index is 540. The van der Waals surface area contributed by atoms with E-state index < -0.39 is 17.6 Å². The number of halogens is 1. The normalized spacial score (nSPS) is 15.9. The minimum Gasteiger partial charge on any atom is -0.460 e. The Labute approximate surface area is 123 Å². The molecule has 0 aliphatic carbocycles. The molecule has 1 fully saturated rings. The zero-order valence-corrected chi connectivity index (χ0v) is 12.3. The summed E-state index contributed by atoms with van der Waals surface area (Å²) in [5.74, 6) is -2.26. The number of Topliss-reactive ketones (excluding diaryl/α,β-unsaturated/α-hetero) is 1. The summed E-state index contributed by atoms with van der Waals surface area (Å²) >= 11 is 0. The van der Waals surface area contributed by atoms with Crippen LogP contribution >= 0.6 is 0 Å². The zero-order chi connectivity index (χ0) is 15.4. The highest BCUT2D eigenvalue weighted by Gasteiger charge is 2.21. The first kappa shape index (κ1) is 15.4. The third-order valence-electron chi connectivity index (χ3n) is 3.51. The second-order valence-corrected chi connectivity index (χ2v) is 5.01. The Balaban J connectivity index is 2.14. The van der Waals surface area contributed by atoms with Crippen molar-refractivity contribution in [3.8, 4) is 0 Å². The molecule has 0 atom stereocenters. The standard InChI is InChI=1S/C15H19FN2O3/c1-3-21-15(20)14(19)11-4-5-13(12(16)10-11)18-8-6-17(2)7-9-18/h4-5,10H,3,6-9H2,1-2H3. The third kappa shape index (κ3) is 3.58. The minimum atomic E-state index is -0.954. The summed E-state index contributed by atoms with van der Waals surface area (Å²) in [7, 11) is 2.02. The number of rotatable bonds is 4. The minimum absolute atomic E-state index is 0.0174. The van der Waals surface area contributed by atoms with E-state index >= 15 is 0 Å². The SMILES string of the molecule is CCOC(=O)C(=O)c1ccc(N2CCN(C)CC2)c(F)c1. The van der Waals surface area contributed by atoms with Crippen LogP contribution < -0.4 is 4.90 Å². The number of esters is 1. The molecule has 1 aromatic rings. The first-order chi connectivity index (χ1) is 10.0. The van der Waals surface area contributed by atoms with Gasteiger partial charge in [0, 0.05) is 31.7 Å². The molecular weight excluding hydrogens is 275 g/mol. The van der Waals surface area contributed by atoms with E-state index in [1.165, 1.54) is 6.07 Å². The number of carbonyl (C=O) groups is 2. The lowest BCUT2D eigenvalue weighted by molar-refractivity contribution is -0.137. The maximum atomic E-state index is 14.2. The van der Waals surface area contributed by atoms with Crippen LogP contribution in [-0.2, 0) is 9.53 Å². The third-order valence-corrected chi connectivity index (χ3v) is 3.51. The number of ketones is 1. The van der Waals surface area contributed by atoms with Gasteiger partial charge in [0.15, 0.2) is 0 Å². The number of nitrogens with zero attached hydrogens (tertiary/aromatic N) is 2. The van der Waals surface area contributed by atoms with E-state index in [0.717, 1.165) is 32.2 Å². The van der Waals surface area contributed by atoms with Gasteiger partial charge >= 0.3 is 5.97 Å². The van der Waals surface area contributed by atoms with E-state index in [9.17, 15) is 14.0 Å². The fourth-order valence-corrected chi connectivity index (χ4v) is 2.27. The lowest BCUT2D eigenvalue weighted by Crippen LogP contribution is -2.44. The molecular formula is C15H19FN2O3. The molecule has 6 heteroatoms. The molecule has 21 heavy (non-hydrogen) atoms. The summed E-state index contributed by atoms with van der Waals surface area (Å²) < 4.78 is 18.8. The maximum absolute atomic E-state index is 14.2. The second-order valence-electron chi connectivity index (χ2n) is 5.01. The maximum Gasteiger partial charge on any atom is 0.379 e. The highest BCUT2D eigenvalue weighted by Crippen LogP contribution is 2.22. The largest absolute Gasteiger partial charge is 0.460 e. The molecule has 1 aromatic carbocycles. The van der Waals surface area contributed by atoms with Crippen LogP contribution in [0, 0.1) is 5.82 Å². The first-order valence-electron chi connectivity index (χ1n) is 6.97. The van der Waals surface area contributed by atoms with E-state index in [4.69, 9.17) is 0 Å². The molecule has 1 aliphatic rings. The number of hydrogen-bond acceptors (Lipinski definition) is 5. The van der Waals surface area contributed by atoms with Gasteiger partial charge in [0.25, 0.3) is 5.78 Å². The van der Waals surface area contributed by atoms with E-state index in [0.29, 0.717) is 5.69 Å². The summed E-state index contributed by atoms with van der Waals surface area (Å²) in [5, 5.41) is 0. The van der Waals surface area contributed by atoms with Gasteiger partial charge in [-0.2, -0.15) is 0 Å². The van der Waals surface area contributed by atoms with Crippen LogP contribution in [0.3, 0.4) is 0 Å². The molecule has 0 bridgehead atoms. The van der Waals surface area contributed by atoms with Gasteiger partial charge in [-0.3, -0.25) is 4.79 Å². The molecule has 2 rings (SSSR count). The van der Waals surface area contributed by atoms with Gasteiger partial charge in [0.05, 0.1) is 12.3 Å². The van der Waals surface area contributed by atoms with Crippen LogP contribution in [0.2, 0.25) is 0 Å². The van der Waals surface area contributed by atoms with Crippen molar-refractivity contribution in [1.29, 1.82) is 0 Å². The van der Waals surface area contributed by atoms with Crippen molar-refractivity contribution in [3.63, 3.8) is 0 Å². The van der Waals surface area contributed by atoms with Crippen LogP contribution in [0.4, 0.5) is 10.1 Å². The Morgan fingerprint density at radius 1 is 1.24 bits per heavy atom. The second kappa shape index (κ2) is 6.67. The Hall–Kier alpha value is -1.95. The molecule has 5 nitrogen and oxygen atoms in total. The van der Waals surface area contributed by atoms with E-state index in [2.05, 4.69) is 9.64 Å². The number of hydrogen-bond donors (Lipinski definition) is 0. The molecule has 0 spiro atoms. The molecule has 0 unspecified atom stereocenters.